The standard InChI is InChI=1S/C26H28ClFN2O4/c1-34-14-4-12-30-24(32)16-26(25(30)33,21-5-2-3-6-22(21)27)15-23(31)29-13-11-19(17-29)18-7-9-20(28)10-8-18/h2-3,5-10,19H,4,11-17H2,1H3/t19-,26+/m0/s1. The summed E-state index contributed by atoms with van der Waals surface area (Å²) in [6.07, 6.45) is 1.06. The van der Waals surface area contributed by atoms with Crippen LogP contribution in [0.5, 0.6) is 0 Å². The number of halogens is 2. The zero-order chi connectivity index (χ0) is 24.3. The predicted molar refractivity (Wildman–Crippen MR) is 126 cm³/mol. The van der Waals surface area contributed by atoms with Gasteiger partial charge in [-0.25, -0.2) is 4.39 Å². The van der Waals surface area contributed by atoms with Gasteiger partial charge in [0, 0.05) is 57.1 Å². The van der Waals surface area contributed by atoms with Crippen molar-refractivity contribution in [2.45, 2.75) is 37.0 Å². The van der Waals surface area contributed by atoms with Crippen molar-refractivity contribution < 1.29 is 23.5 Å². The summed E-state index contributed by atoms with van der Waals surface area (Å²) in [6, 6.07) is 13.3. The minimum atomic E-state index is -1.33. The average Bonchev–Trinajstić information content (AvgIpc) is 3.40. The van der Waals surface area contributed by atoms with Crippen molar-refractivity contribution in [3.63, 3.8) is 0 Å². The minimum Gasteiger partial charge on any atom is -0.385 e. The number of rotatable bonds is 8. The molecule has 0 N–H and O–H groups in total. The summed E-state index contributed by atoms with van der Waals surface area (Å²) in [5, 5.41) is 0.362. The molecular weight excluding hydrogens is 459 g/mol. The third kappa shape index (κ3) is 4.72. The molecule has 2 aromatic carbocycles. The van der Waals surface area contributed by atoms with E-state index >= 15 is 0 Å². The van der Waals surface area contributed by atoms with Gasteiger partial charge in [-0.1, -0.05) is 41.9 Å². The van der Waals surface area contributed by atoms with E-state index in [1.165, 1.54) is 17.0 Å². The Kier molecular flexibility index (Phi) is 7.33. The van der Waals surface area contributed by atoms with Crippen LogP contribution in [-0.2, 0) is 24.5 Å². The van der Waals surface area contributed by atoms with Crippen LogP contribution in [0.1, 0.15) is 42.7 Å². The number of hydrogen-bond acceptors (Lipinski definition) is 4. The third-order valence-corrected chi connectivity index (χ3v) is 7.19. The maximum absolute atomic E-state index is 13.7. The minimum absolute atomic E-state index is 0.0937. The van der Waals surface area contributed by atoms with Crippen LogP contribution in [0.2, 0.25) is 5.02 Å². The average molecular weight is 487 g/mol. The van der Waals surface area contributed by atoms with Crippen molar-refractivity contribution in [2.24, 2.45) is 0 Å². The molecule has 180 valence electrons. The number of ether oxygens (including phenoxy) is 1. The lowest BCUT2D eigenvalue weighted by Crippen LogP contribution is -2.43. The first-order valence-corrected chi connectivity index (χ1v) is 11.9. The van der Waals surface area contributed by atoms with E-state index in [1.54, 1.807) is 48.4 Å². The molecule has 0 aliphatic carbocycles. The molecule has 0 spiro atoms. The Hall–Kier alpha value is -2.77. The van der Waals surface area contributed by atoms with Gasteiger partial charge in [-0.2, -0.15) is 0 Å². The van der Waals surface area contributed by atoms with Crippen LogP contribution in [0.4, 0.5) is 4.39 Å². The molecule has 0 radical (unpaired) electrons. The van der Waals surface area contributed by atoms with E-state index in [-0.39, 0.29) is 48.8 Å². The normalized spacial score (nSPS) is 22.6. The summed E-state index contributed by atoms with van der Waals surface area (Å²) in [6.45, 7) is 1.69. The molecule has 34 heavy (non-hydrogen) atoms. The molecule has 2 saturated heterocycles. The van der Waals surface area contributed by atoms with Crippen molar-refractivity contribution in [3.8, 4) is 0 Å². The molecule has 2 fully saturated rings. The number of carbonyl (C=O) groups is 3. The van der Waals surface area contributed by atoms with E-state index < -0.39 is 5.41 Å². The topological polar surface area (TPSA) is 66.9 Å². The van der Waals surface area contributed by atoms with Crippen molar-refractivity contribution in [3.05, 3.63) is 70.5 Å². The highest BCUT2D eigenvalue weighted by atomic mass is 35.5. The number of benzene rings is 2. The van der Waals surface area contributed by atoms with Crippen LogP contribution in [0.25, 0.3) is 0 Å². The fourth-order valence-corrected chi connectivity index (χ4v) is 5.37. The number of nitrogens with zero attached hydrogens (tertiary/aromatic N) is 2. The lowest BCUT2D eigenvalue weighted by atomic mass is 9.75. The highest BCUT2D eigenvalue weighted by Gasteiger charge is 2.54. The molecule has 0 bridgehead atoms. The summed E-state index contributed by atoms with van der Waals surface area (Å²) in [5.41, 5.74) is 0.161. The van der Waals surface area contributed by atoms with Gasteiger partial charge in [0.05, 0.1) is 5.41 Å². The second-order valence-corrected chi connectivity index (χ2v) is 9.40. The first kappa shape index (κ1) is 24.4. The van der Waals surface area contributed by atoms with Crippen LogP contribution >= 0.6 is 11.6 Å². The Morgan fingerprint density at radius 1 is 1.18 bits per heavy atom. The van der Waals surface area contributed by atoms with Crippen molar-refractivity contribution in [2.75, 3.05) is 33.4 Å². The number of amides is 3. The molecule has 3 amide bonds. The van der Waals surface area contributed by atoms with Crippen LogP contribution in [0.15, 0.2) is 48.5 Å². The van der Waals surface area contributed by atoms with Gasteiger partial charge in [0.15, 0.2) is 0 Å². The number of carbonyl (C=O) groups excluding carboxylic acids is 3. The largest absolute Gasteiger partial charge is 0.385 e. The van der Waals surface area contributed by atoms with Crippen molar-refractivity contribution >= 4 is 29.3 Å². The Morgan fingerprint density at radius 2 is 1.91 bits per heavy atom. The molecular formula is C26H28ClFN2O4. The summed E-state index contributed by atoms with van der Waals surface area (Å²) in [4.78, 5) is 43.0. The fourth-order valence-electron chi connectivity index (χ4n) is 5.05. The molecule has 6 nitrogen and oxygen atoms in total. The lowest BCUT2D eigenvalue weighted by Gasteiger charge is -2.30. The number of imide groups is 1. The summed E-state index contributed by atoms with van der Waals surface area (Å²) in [7, 11) is 1.57. The molecule has 2 aromatic rings. The highest BCUT2D eigenvalue weighted by Crippen LogP contribution is 2.43. The predicted octanol–water partition coefficient (Wildman–Crippen LogP) is 3.92. The molecule has 0 aromatic heterocycles. The monoisotopic (exact) mass is 486 g/mol. The van der Waals surface area contributed by atoms with Gasteiger partial charge in [0.1, 0.15) is 5.82 Å². The second-order valence-electron chi connectivity index (χ2n) is 8.99. The molecule has 0 saturated carbocycles. The molecule has 2 aliphatic rings. The zero-order valence-electron chi connectivity index (χ0n) is 19.1. The van der Waals surface area contributed by atoms with E-state index in [0.717, 1.165) is 12.0 Å². The third-order valence-electron chi connectivity index (χ3n) is 6.86. The zero-order valence-corrected chi connectivity index (χ0v) is 19.9. The van der Waals surface area contributed by atoms with Crippen LogP contribution < -0.4 is 0 Å². The molecule has 2 aliphatic heterocycles. The maximum atomic E-state index is 13.7. The molecule has 8 heteroatoms. The lowest BCUT2D eigenvalue weighted by molar-refractivity contribution is -0.142. The van der Waals surface area contributed by atoms with Gasteiger partial charge >= 0.3 is 0 Å². The molecule has 4 rings (SSSR count). The van der Waals surface area contributed by atoms with Crippen LogP contribution in [0.3, 0.4) is 0 Å². The van der Waals surface area contributed by atoms with Crippen LogP contribution in [-0.4, -0.2) is 60.9 Å². The Bertz CT molecular complexity index is 1080. The maximum Gasteiger partial charge on any atom is 0.240 e. The summed E-state index contributed by atoms with van der Waals surface area (Å²) < 4.78 is 18.4. The summed E-state index contributed by atoms with van der Waals surface area (Å²) in [5.74, 6) is -1.07. The Labute approximate surface area is 203 Å². The smallest absolute Gasteiger partial charge is 0.240 e. The van der Waals surface area contributed by atoms with Crippen molar-refractivity contribution in [1.82, 2.24) is 9.80 Å². The van der Waals surface area contributed by atoms with Gasteiger partial charge in [-0.3, -0.25) is 19.3 Å². The fraction of sp³-hybridized carbons (Fsp3) is 0.423. The molecule has 2 heterocycles. The van der Waals surface area contributed by atoms with E-state index in [9.17, 15) is 18.8 Å². The second kappa shape index (κ2) is 10.2. The van der Waals surface area contributed by atoms with Crippen molar-refractivity contribution in [1.29, 1.82) is 0 Å². The van der Waals surface area contributed by atoms with Crippen LogP contribution in [0, 0.1) is 5.82 Å². The van der Waals surface area contributed by atoms with Gasteiger partial charge in [-0.05, 0) is 42.2 Å². The quantitative estimate of drug-likeness (QED) is 0.419. The number of hydrogen-bond donors (Lipinski definition) is 0. The van der Waals surface area contributed by atoms with Gasteiger partial charge in [0.2, 0.25) is 17.7 Å². The summed E-state index contributed by atoms with van der Waals surface area (Å²) >= 11 is 6.48. The van der Waals surface area contributed by atoms with E-state index in [0.29, 0.717) is 36.7 Å². The Morgan fingerprint density at radius 3 is 2.62 bits per heavy atom. The Balaban J connectivity index is 1.57. The molecule has 0 unspecified atom stereocenters. The number of likely N-dealkylation sites (tertiary alicyclic amines) is 2. The SMILES string of the molecule is COCCCN1C(=O)C[C@](CC(=O)N2CC[C@H](c3ccc(F)cc3)C2)(c2ccccc2Cl)C1=O. The number of methoxy groups -OCH3 is 1. The first-order chi connectivity index (χ1) is 16.4. The highest BCUT2D eigenvalue weighted by molar-refractivity contribution is 6.32. The molecule has 2 atom stereocenters. The van der Waals surface area contributed by atoms with Gasteiger partial charge in [-0.15, -0.1) is 0 Å². The first-order valence-electron chi connectivity index (χ1n) is 11.5. The van der Waals surface area contributed by atoms with Gasteiger partial charge < -0.3 is 9.64 Å². The van der Waals surface area contributed by atoms with E-state index in [1.807, 2.05) is 0 Å². The van der Waals surface area contributed by atoms with Gasteiger partial charge in [0.25, 0.3) is 0 Å². The van der Waals surface area contributed by atoms with E-state index in [2.05, 4.69) is 0 Å². The van der Waals surface area contributed by atoms with E-state index in [4.69, 9.17) is 16.3 Å².